The van der Waals surface area contributed by atoms with Crippen LogP contribution in [-0.2, 0) is 19.5 Å². The van der Waals surface area contributed by atoms with Crippen LogP contribution in [0.5, 0.6) is 0 Å². The summed E-state index contributed by atoms with van der Waals surface area (Å²) in [7, 11) is 0. The van der Waals surface area contributed by atoms with Gasteiger partial charge in [-0.05, 0) is 24.5 Å². The molecule has 1 amide bonds. The van der Waals surface area contributed by atoms with Crippen LogP contribution in [0.15, 0.2) is 30.7 Å². The fourth-order valence-corrected chi connectivity index (χ4v) is 4.14. The Kier molecular flexibility index (Phi) is 5.29. The van der Waals surface area contributed by atoms with Gasteiger partial charge in [0.25, 0.3) is 5.91 Å². The van der Waals surface area contributed by atoms with Crippen molar-refractivity contribution in [3.05, 3.63) is 47.8 Å². The summed E-state index contributed by atoms with van der Waals surface area (Å²) >= 11 is 0. The minimum absolute atomic E-state index is 0.112. The van der Waals surface area contributed by atoms with E-state index >= 15 is 0 Å². The highest BCUT2D eigenvalue weighted by Crippen LogP contribution is 2.24. The van der Waals surface area contributed by atoms with Gasteiger partial charge >= 0.3 is 0 Å². The van der Waals surface area contributed by atoms with Gasteiger partial charge in [-0.25, -0.2) is 4.98 Å². The first-order chi connectivity index (χ1) is 12.8. The van der Waals surface area contributed by atoms with Gasteiger partial charge in [0.05, 0.1) is 0 Å². The van der Waals surface area contributed by atoms with Crippen molar-refractivity contribution in [3.8, 4) is 0 Å². The average Bonchev–Trinajstić information content (AvgIpc) is 3.01. The number of hydrogen-bond donors (Lipinski definition) is 1. The summed E-state index contributed by atoms with van der Waals surface area (Å²) in [6.07, 6.45) is 13.1. The van der Waals surface area contributed by atoms with Gasteiger partial charge in [-0.2, -0.15) is 0 Å². The molecule has 0 radical (unpaired) electrons. The van der Waals surface area contributed by atoms with Crippen LogP contribution >= 0.6 is 0 Å². The molecule has 0 spiro atoms. The van der Waals surface area contributed by atoms with Crippen LogP contribution in [0.1, 0.15) is 54.0 Å². The molecule has 2 aromatic rings. The number of carbonyl (C=O) groups excluding carboxylic acids is 1. The second-order valence-electron chi connectivity index (χ2n) is 7.36. The average molecular weight is 353 g/mol. The lowest BCUT2D eigenvalue weighted by atomic mass is 9.94. The van der Waals surface area contributed by atoms with Gasteiger partial charge in [-0.1, -0.05) is 25.3 Å². The predicted octanol–water partition coefficient (Wildman–Crippen LogP) is 2.40. The molecule has 1 N–H and O–H groups in total. The highest BCUT2D eigenvalue weighted by molar-refractivity contribution is 5.92. The summed E-state index contributed by atoms with van der Waals surface area (Å²) < 4.78 is 2.17. The number of fused-ring (bicyclic) bond motifs is 1. The van der Waals surface area contributed by atoms with E-state index in [-0.39, 0.29) is 5.91 Å². The molecule has 3 heterocycles. The van der Waals surface area contributed by atoms with E-state index in [1.54, 1.807) is 12.4 Å². The number of nitrogens with zero attached hydrogens (tertiary/aromatic N) is 4. The maximum atomic E-state index is 12.4. The lowest BCUT2D eigenvalue weighted by Gasteiger charge is -2.33. The highest BCUT2D eigenvalue weighted by atomic mass is 16.1. The second-order valence-corrected chi connectivity index (χ2v) is 7.36. The van der Waals surface area contributed by atoms with Crippen LogP contribution in [0, 0.1) is 0 Å². The molecule has 0 saturated heterocycles. The monoisotopic (exact) mass is 353 g/mol. The van der Waals surface area contributed by atoms with Crippen molar-refractivity contribution in [2.24, 2.45) is 0 Å². The largest absolute Gasteiger partial charge is 0.347 e. The molecule has 1 fully saturated rings. The zero-order chi connectivity index (χ0) is 17.8. The van der Waals surface area contributed by atoms with Crippen LogP contribution in [0.25, 0.3) is 0 Å². The number of pyridine rings is 1. The molecule has 2 aliphatic rings. The van der Waals surface area contributed by atoms with Crippen molar-refractivity contribution in [3.63, 3.8) is 0 Å². The molecule has 6 heteroatoms. The molecule has 26 heavy (non-hydrogen) atoms. The lowest BCUT2D eigenvalue weighted by Crippen LogP contribution is -2.38. The topological polar surface area (TPSA) is 63.1 Å². The Hall–Kier alpha value is -2.21. The Labute approximate surface area is 154 Å². The molecule has 6 nitrogen and oxygen atoms in total. The van der Waals surface area contributed by atoms with Crippen LogP contribution in [0.2, 0.25) is 0 Å². The minimum atomic E-state index is -0.112. The molecule has 0 bridgehead atoms. The molecule has 0 atom stereocenters. The molecule has 1 aliphatic heterocycles. The van der Waals surface area contributed by atoms with Gasteiger partial charge < -0.3 is 9.88 Å². The van der Waals surface area contributed by atoms with Crippen molar-refractivity contribution in [2.75, 3.05) is 13.1 Å². The fraction of sp³-hybridized carbons (Fsp3) is 0.550. The van der Waals surface area contributed by atoms with E-state index in [9.17, 15) is 4.79 Å². The van der Waals surface area contributed by atoms with Crippen molar-refractivity contribution < 1.29 is 4.79 Å². The Bertz CT molecular complexity index is 710. The van der Waals surface area contributed by atoms with Gasteiger partial charge in [-0.15, -0.1) is 0 Å². The molecule has 138 valence electrons. The molecule has 0 aromatic carbocycles. The number of hydrogen-bond acceptors (Lipinski definition) is 4. The predicted molar refractivity (Wildman–Crippen MR) is 99.8 cm³/mol. The van der Waals surface area contributed by atoms with Crippen LogP contribution in [0.3, 0.4) is 0 Å². The number of amides is 1. The van der Waals surface area contributed by atoms with Gasteiger partial charge in [-0.3, -0.25) is 14.7 Å². The fourth-order valence-electron chi connectivity index (χ4n) is 4.14. The first kappa shape index (κ1) is 17.2. The Morgan fingerprint density at radius 2 is 2.08 bits per heavy atom. The van der Waals surface area contributed by atoms with Gasteiger partial charge in [0.15, 0.2) is 0 Å². The Morgan fingerprint density at radius 3 is 2.88 bits per heavy atom. The van der Waals surface area contributed by atoms with Crippen LogP contribution in [-0.4, -0.2) is 44.5 Å². The zero-order valence-electron chi connectivity index (χ0n) is 15.2. The molecular formula is C20H27N5O. The van der Waals surface area contributed by atoms with E-state index in [2.05, 4.69) is 24.8 Å². The normalized spacial score (nSPS) is 18.9. The molecule has 0 unspecified atom stereocenters. The first-order valence-corrected chi connectivity index (χ1v) is 9.77. The first-order valence-electron chi connectivity index (χ1n) is 9.77. The Balaban J connectivity index is 1.35. The quantitative estimate of drug-likeness (QED) is 0.917. The molecule has 1 aliphatic carbocycles. The van der Waals surface area contributed by atoms with E-state index in [1.165, 1.54) is 32.1 Å². The number of imidazole rings is 1. The van der Waals surface area contributed by atoms with Crippen LogP contribution < -0.4 is 5.32 Å². The summed E-state index contributed by atoms with van der Waals surface area (Å²) in [5, 5.41) is 2.94. The van der Waals surface area contributed by atoms with Crippen molar-refractivity contribution >= 4 is 5.91 Å². The van der Waals surface area contributed by atoms with E-state index in [0.29, 0.717) is 12.2 Å². The smallest absolute Gasteiger partial charge is 0.271 e. The molecule has 1 saturated carbocycles. The third-order valence-electron chi connectivity index (χ3n) is 5.61. The second kappa shape index (κ2) is 7.99. The van der Waals surface area contributed by atoms with E-state index in [1.807, 2.05) is 18.3 Å². The zero-order valence-corrected chi connectivity index (χ0v) is 15.2. The minimum Gasteiger partial charge on any atom is -0.347 e. The summed E-state index contributed by atoms with van der Waals surface area (Å²) in [4.78, 5) is 23.7. The summed E-state index contributed by atoms with van der Waals surface area (Å²) in [5.74, 6) is 0.924. The van der Waals surface area contributed by atoms with Gasteiger partial charge in [0.1, 0.15) is 11.5 Å². The lowest BCUT2D eigenvalue weighted by molar-refractivity contribution is 0.0946. The van der Waals surface area contributed by atoms with Crippen molar-refractivity contribution in [1.82, 2.24) is 24.8 Å². The summed E-state index contributed by atoms with van der Waals surface area (Å²) in [6.45, 7) is 3.52. The summed E-state index contributed by atoms with van der Waals surface area (Å²) in [6, 6.07) is 4.57. The number of aromatic nitrogens is 3. The number of rotatable bonds is 4. The van der Waals surface area contributed by atoms with Crippen LogP contribution in [0.4, 0.5) is 0 Å². The Morgan fingerprint density at radius 1 is 1.19 bits per heavy atom. The molecular weight excluding hydrogens is 326 g/mol. The van der Waals surface area contributed by atoms with E-state index in [4.69, 9.17) is 0 Å². The van der Waals surface area contributed by atoms with Crippen molar-refractivity contribution in [2.45, 2.75) is 57.7 Å². The molecule has 2 aromatic heterocycles. The van der Waals surface area contributed by atoms with Crippen molar-refractivity contribution in [1.29, 1.82) is 0 Å². The number of carbonyl (C=O) groups is 1. The third kappa shape index (κ3) is 3.96. The standard InChI is InChI=1S/C20H27N5O/c26-20(22-14-16-5-4-9-21-13-16)18-15-25-12-11-24(10-8-19(25)23-18)17-6-2-1-3-7-17/h4-5,9,13,15,17H,1-3,6-8,10-12,14H2,(H,22,26). The van der Waals surface area contributed by atoms with E-state index < -0.39 is 0 Å². The number of nitrogens with one attached hydrogen (secondary N) is 1. The maximum Gasteiger partial charge on any atom is 0.271 e. The maximum absolute atomic E-state index is 12.4. The third-order valence-corrected chi connectivity index (χ3v) is 5.61. The SMILES string of the molecule is O=C(NCc1cccnc1)c1cn2c(n1)CCN(C1CCCCC1)CC2. The summed E-state index contributed by atoms with van der Waals surface area (Å²) in [5.41, 5.74) is 1.51. The highest BCUT2D eigenvalue weighted by Gasteiger charge is 2.24. The van der Waals surface area contributed by atoms with E-state index in [0.717, 1.165) is 43.5 Å². The van der Waals surface area contributed by atoms with Gasteiger partial charge in [0, 0.05) is 57.2 Å². The molecule has 4 rings (SSSR count). The van der Waals surface area contributed by atoms with Gasteiger partial charge in [0.2, 0.25) is 0 Å².